The molecule has 25 heavy (non-hydrogen) atoms. The summed E-state index contributed by atoms with van der Waals surface area (Å²) < 4.78 is 2.01. The van der Waals surface area contributed by atoms with E-state index in [0.717, 1.165) is 24.1 Å². The Morgan fingerprint density at radius 1 is 1.24 bits per heavy atom. The third kappa shape index (κ3) is 8.21. The lowest BCUT2D eigenvalue weighted by Gasteiger charge is -2.24. The molecule has 0 aliphatic rings. The summed E-state index contributed by atoms with van der Waals surface area (Å²) in [7, 11) is 0.524. The summed E-state index contributed by atoms with van der Waals surface area (Å²) >= 11 is 0. The van der Waals surface area contributed by atoms with Gasteiger partial charge in [-0.3, -0.25) is 0 Å². The Bertz CT molecular complexity index is 575. The number of allylic oxidation sites excluding steroid dienone is 4. The SMILES string of the molecule is C=CC(CCC(=C)/C=C(\C)O)C(C(=C)NC)[N+](=C)/C=C(\C)[Si](C)(C)C. The van der Waals surface area contributed by atoms with Gasteiger partial charge in [0.25, 0.3) is 0 Å². The minimum Gasteiger partial charge on any atom is -0.513 e. The molecule has 0 saturated heterocycles. The topological polar surface area (TPSA) is 35.3 Å². The van der Waals surface area contributed by atoms with Crippen molar-refractivity contribution in [2.24, 2.45) is 5.92 Å². The van der Waals surface area contributed by atoms with Crippen LogP contribution in [0.4, 0.5) is 0 Å². The van der Waals surface area contributed by atoms with Gasteiger partial charge in [0, 0.05) is 13.0 Å². The molecule has 2 unspecified atom stereocenters. The first-order valence-electron chi connectivity index (χ1n) is 8.75. The van der Waals surface area contributed by atoms with Crippen LogP contribution in [0.3, 0.4) is 0 Å². The van der Waals surface area contributed by atoms with Crippen molar-refractivity contribution in [2.45, 2.75) is 52.4 Å². The molecule has 0 aliphatic carbocycles. The van der Waals surface area contributed by atoms with Gasteiger partial charge in [-0.1, -0.05) is 44.4 Å². The average molecular weight is 362 g/mol. The van der Waals surface area contributed by atoms with Crippen molar-refractivity contribution >= 4 is 14.8 Å². The molecule has 140 valence electrons. The molecule has 0 aliphatic heterocycles. The van der Waals surface area contributed by atoms with Crippen molar-refractivity contribution in [1.82, 2.24) is 5.32 Å². The van der Waals surface area contributed by atoms with Gasteiger partial charge in [0.2, 0.25) is 6.04 Å². The van der Waals surface area contributed by atoms with Gasteiger partial charge in [-0.25, -0.2) is 4.58 Å². The highest BCUT2D eigenvalue weighted by molar-refractivity contribution is 6.82. The third-order valence-corrected chi connectivity index (χ3v) is 6.99. The van der Waals surface area contributed by atoms with Crippen LogP contribution in [0.15, 0.2) is 60.3 Å². The molecule has 2 atom stereocenters. The Morgan fingerprint density at radius 2 is 1.80 bits per heavy atom. The Morgan fingerprint density at radius 3 is 2.20 bits per heavy atom. The number of hydrogen-bond acceptors (Lipinski definition) is 2. The normalized spacial score (nSPS) is 15.3. The quantitative estimate of drug-likeness (QED) is 0.133. The lowest BCUT2D eigenvalue weighted by Crippen LogP contribution is -2.36. The highest BCUT2D eigenvalue weighted by atomic mass is 28.3. The van der Waals surface area contributed by atoms with E-state index in [9.17, 15) is 5.11 Å². The molecule has 0 fully saturated rings. The van der Waals surface area contributed by atoms with Gasteiger partial charge in [0.1, 0.15) is 6.72 Å². The zero-order chi connectivity index (χ0) is 19.8. The second-order valence-corrected chi connectivity index (χ2v) is 13.0. The molecule has 0 aromatic heterocycles. The molecule has 0 aromatic rings. The summed E-state index contributed by atoms with van der Waals surface area (Å²) in [6, 6.07) is 0.0146. The maximum atomic E-state index is 9.38. The number of hydrogen-bond donors (Lipinski definition) is 2. The zero-order valence-electron chi connectivity index (χ0n) is 17.0. The molecule has 0 bridgehead atoms. The average Bonchev–Trinajstić information content (AvgIpc) is 2.48. The van der Waals surface area contributed by atoms with Crippen LogP contribution in [0.5, 0.6) is 0 Å². The molecule has 0 heterocycles. The van der Waals surface area contributed by atoms with E-state index in [2.05, 4.69) is 64.5 Å². The van der Waals surface area contributed by atoms with Gasteiger partial charge in [-0.15, -0.1) is 6.58 Å². The maximum Gasteiger partial charge on any atom is 0.202 e. The van der Waals surface area contributed by atoms with Crippen LogP contribution in [0.25, 0.3) is 0 Å². The van der Waals surface area contributed by atoms with Crippen molar-refractivity contribution in [1.29, 1.82) is 0 Å². The number of likely N-dealkylation sites (N-methyl/N-ethyl adjacent to an activating group) is 1. The number of nitrogens with one attached hydrogen (secondary N) is 1. The molecule has 0 saturated carbocycles. The first-order valence-corrected chi connectivity index (χ1v) is 12.3. The second-order valence-electron chi connectivity index (χ2n) is 7.68. The van der Waals surface area contributed by atoms with Crippen LogP contribution >= 0.6 is 0 Å². The van der Waals surface area contributed by atoms with Crippen LogP contribution in [0, 0.1) is 5.92 Å². The maximum absolute atomic E-state index is 9.38. The fourth-order valence-corrected chi connectivity index (χ4v) is 3.05. The first-order chi connectivity index (χ1) is 11.4. The van der Waals surface area contributed by atoms with E-state index in [1.165, 1.54) is 5.20 Å². The van der Waals surface area contributed by atoms with Crippen molar-refractivity contribution in [3.05, 3.63) is 60.3 Å². The predicted octanol–water partition coefficient (Wildman–Crippen LogP) is 5.18. The highest BCUT2D eigenvalue weighted by Gasteiger charge is 2.30. The van der Waals surface area contributed by atoms with Crippen LogP contribution in [-0.4, -0.2) is 37.6 Å². The van der Waals surface area contributed by atoms with Gasteiger partial charge in [0.05, 0.1) is 19.5 Å². The summed E-state index contributed by atoms with van der Waals surface area (Å²) in [4.78, 5) is 0. The van der Waals surface area contributed by atoms with Crippen molar-refractivity contribution in [2.75, 3.05) is 7.05 Å². The van der Waals surface area contributed by atoms with Crippen molar-refractivity contribution < 1.29 is 9.68 Å². The summed E-state index contributed by atoms with van der Waals surface area (Å²) in [6.45, 7) is 27.3. The lowest BCUT2D eigenvalue weighted by molar-refractivity contribution is -0.490. The van der Waals surface area contributed by atoms with Crippen molar-refractivity contribution in [3.8, 4) is 0 Å². The predicted molar refractivity (Wildman–Crippen MR) is 115 cm³/mol. The van der Waals surface area contributed by atoms with E-state index < -0.39 is 8.07 Å². The molecule has 0 rings (SSSR count). The minimum atomic E-state index is -1.36. The Balaban J connectivity index is 5.45. The van der Waals surface area contributed by atoms with E-state index >= 15 is 0 Å². The fourth-order valence-electron chi connectivity index (χ4n) is 2.50. The van der Waals surface area contributed by atoms with E-state index in [0.29, 0.717) is 0 Å². The highest BCUT2D eigenvalue weighted by Crippen LogP contribution is 2.24. The Kier molecular flexibility index (Phi) is 9.50. The van der Waals surface area contributed by atoms with Gasteiger partial charge in [-0.2, -0.15) is 0 Å². The zero-order valence-corrected chi connectivity index (χ0v) is 18.0. The van der Waals surface area contributed by atoms with Gasteiger partial charge in [-0.05, 0) is 38.0 Å². The number of nitrogens with zero attached hydrogens (tertiary/aromatic N) is 1. The lowest BCUT2D eigenvalue weighted by atomic mass is 9.90. The molecule has 3 nitrogen and oxygen atoms in total. The molecule has 0 aromatic carbocycles. The van der Waals surface area contributed by atoms with Crippen LogP contribution in [-0.2, 0) is 0 Å². The van der Waals surface area contributed by atoms with Crippen LogP contribution in [0.1, 0.15) is 26.7 Å². The fraction of sp³-hybridized carbons (Fsp3) is 0.476. The summed E-state index contributed by atoms with van der Waals surface area (Å²) in [5.41, 5.74) is 1.82. The Labute approximate surface area is 155 Å². The largest absolute Gasteiger partial charge is 0.513 e. The van der Waals surface area contributed by atoms with Crippen LogP contribution in [0.2, 0.25) is 19.6 Å². The van der Waals surface area contributed by atoms with Gasteiger partial charge >= 0.3 is 0 Å². The number of aliphatic hydroxyl groups excluding tert-OH is 1. The molecule has 4 heteroatoms. The molecule has 2 N–H and O–H groups in total. The molecule has 0 spiro atoms. The van der Waals surface area contributed by atoms with E-state index in [-0.39, 0.29) is 17.7 Å². The van der Waals surface area contributed by atoms with E-state index in [4.69, 9.17) is 0 Å². The molecule has 0 amide bonds. The second kappa shape index (κ2) is 10.2. The summed E-state index contributed by atoms with van der Waals surface area (Å²) in [6.07, 6.45) is 7.48. The monoisotopic (exact) mass is 361 g/mol. The van der Waals surface area contributed by atoms with E-state index in [1.54, 1.807) is 13.0 Å². The van der Waals surface area contributed by atoms with Crippen LogP contribution < -0.4 is 5.32 Å². The minimum absolute atomic E-state index is 0.0146. The number of aliphatic hydroxyl groups is 1. The van der Waals surface area contributed by atoms with E-state index in [1.807, 2.05) is 17.7 Å². The molecular weight excluding hydrogens is 324 g/mol. The first kappa shape index (κ1) is 23.2. The smallest absolute Gasteiger partial charge is 0.202 e. The van der Waals surface area contributed by atoms with Gasteiger partial charge < -0.3 is 10.4 Å². The third-order valence-electron chi connectivity index (χ3n) is 4.50. The number of rotatable bonds is 11. The summed E-state index contributed by atoms with van der Waals surface area (Å²) in [5, 5.41) is 13.9. The Hall–Kier alpha value is -1.81. The standard InChI is InChI=1S/C21H36N2OSi/c1-11-20(13-12-16(2)14-17(3)24)21(19(5)22-6)23(7)15-18(4)25(8,9)10/h11,14-15,20-22H,1-2,5,7,12-13H2,3-4,6,8-10H3/p+1/b17-14+,18-15+. The summed E-state index contributed by atoms with van der Waals surface area (Å²) in [5.74, 6) is 0.455. The molecular formula is C21H37N2OSi+. The van der Waals surface area contributed by atoms with Gasteiger partial charge in [0.15, 0.2) is 6.20 Å². The van der Waals surface area contributed by atoms with Crippen molar-refractivity contribution in [3.63, 3.8) is 0 Å². The molecule has 0 radical (unpaired) electrons.